The summed E-state index contributed by atoms with van der Waals surface area (Å²) < 4.78 is 6.94. The second-order valence-corrected chi connectivity index (χ2v) is 9.18. The number of hydrazone groups is 1. The smallest absolute Gasteiger partial charge is 0.265 e. The Kier molecular flexibility index (Phi) is 5.21. The monoisotopic (exact) mass is 483 g/mol. The number of aromatic nitrogens is 2. The Bertz CT molecular complexity index is 1600. The first-order chi connectivity index (χ1) is 17.5. The van der Waals surface area contributed by atoms with Crippen LogP contribution in [0.3, 0.4) is 0 Å². The van der Waals surface area contributed by atoms with Gasteiger partial charge in [-0.3, -0.25) is 28.9 Å². The number of allylic oxidation sites excluding steroid dienone is 4. The first kappa shape index (κ1) is 22.2. The summed E-state index contributed by atoms with van der Waals surface area (Å²) in [6, 6.07) is 5.00. The summed E-state index contributed by atoms with van der Waals surface area (Å²) in [5, 5.41) is 7.43. The zero-order valence-corrected chi connectivity index (χ0v) is 20.1. The summed E-state index contributed by atoms with van der Waals surface area (Å²) in [6.45, 7) is 0.0972. The second kappa shape index (κ2) is 8.44. The van der Waals surface area contributed by atoms with E-state index < -0.39 is 5.91 Å². The van der Waals surface area contributed by atoms with Gasteiger partial charge in [-0.2, -0.15) is 5.10 Å². The highest BCUT2D eigenvalue weighted by Crippen LogP contribution is 2.32. The van der Waals surface area contributed by atoms with Crippen LogP contribution in [0.5, 0.6) is 5.75 Å². The minimum Gasteiger partial charge on any atom is -0.496 e. The number of imide groups is 1. The van der Waals surface area contributed by atoms with Gasteiger partial charge in [-0.25, -0.2) is 4.98 Å². The molecule has 4 aliphatic rings. The highest BCUT2D eigenvalue weighted by atomic mass is 16.5. The molecule has 0 saturated carbocycles. The van der Waals surface area contributed by atoms with E-state index in [1.165, 1.54) is 12.0 Å². The van der Waals surface area contributed by atoms with Crippen LogP contribution < -0.4 is 20.9 Å². The maximum Gasteiger partial charge on any atom is 0.265 e. The van der Waals surface area contributed by atoms with Crippen molar-refractivity contribution >= 4 is 35.9 Å². The molecule has 2 aliphatic carbocycles. The van der Waals surface area contributed by atoms with E-state index in [9.17, 15) is 14.4 Å². The van der Waals surface area contributed by atoms with Gasteiger partial charge in [0.05, 0.1) is 28.8 Å². The van der Waals surface area contributed by atoms with E-state index in [2.05, 4.69) is 5.10 Å². The number of amides is 2. The molecule has 9 nitrogen and oxygen atoms in total. The molecule has 3 heterocycles. The molecular weight excluding hydrogens is 458 g/mol. The fourth-order valence-electron chi connectivity index (χ4n) is 5.27. The molecule has 9 heteroatoms. The van der Waals surface area contributed by atoms with Gasteiger partial charge in [-0.15, -0.1) is 0 Å². The molecule has 1 aromatic carbocycles. The Hall–Kier alpha value is -4.27. The Balaban J connectivity index is 1.39. The minimum absolute atomic E-state index is 0.0972. The van der Waals surface area contributed by atoms with Gasteiger partial charge in [-0.05, 0) is 37.5 Å². The fourth-order valence-corrected chi connectivity index (χ4v) is 5.27. The van der Waals surface area contributed by atoms with Crippen molar-refractivity contribution in [1.82, 2.24) is 19.5 Å². The van der Waals surface area contributed by atoms with E-state index in [1.54, 1.807) is 22.8 Å². The highest BCUT2D eigenvalue weighted by molar-refractivity contribution is 6.22. The topological polar surface area (TPSA) is 97.1 Å². The van der Waals surface area contributed by atoms with Crippen LogP contribution in [-0.2, 0) is 6.42 Å². The maximum atomic E-state index is 13.7. The maximum absolute atomic E-state index is 13.7. The van der Waals surface area contributed by atoms with Crippen LogP contribution in [0.4, 0.5) is 0 Å². The summed E-state index contributed by atoms with van der Waals surface area (Å²) in [7, 11) is 3.36. The van der Waals surface area contributed by atoms with Gasteiger partial charge in [0.2, 0.25) is 0 Å². The van der Waals surface area contributed by atoms with Gasteiger partial charge in [0, 0.05) is 43.5 Å². The van der Waals surface area contributed by atoms with Crippen LogP contribution in [0.2, 0.25) is 0 Å². The molecule has 1 unspecified atom stereocenters. The summed E-state index contributed by atoms with van der Waals surface area (Å²) in [5.74, 6) is 0.311. The first-order valence-corrected chi connectivity index (χ1v) is 12.0. The molecule has 2 amide bonds. The molecular formula is C27H25N5O4. The SMILES string of the molecule is COc1cccc2c1C(=O)N(CCc1nc3c(c(=O)n1C1=CCC4C=NN(C)C4=C1)=CCCC=3)C2=O. The van der Waals surface area contributed by atoms with E-state index in [-0.39, 0.29) is 35.9 Å². The third-order valence-electron chi connectivity index (χ3n) is 7.12. The second-order valence-electron chi connectivity index (χ2n) is 9.18. The van der Waals surface area contributed by atoms with Gasteiger partial charge >= 0.3 is 0 Å². The number of rotatable bonds is 5. The number of hydrogen-bond donors (Lipinski definition) is 0. The number of carbonyl (C=O) groups is 2. The molecule has 2 aliphatic heterocycles. The molecule has 0 N–H and O–H groups in total. The number of ether oxygens (including phenoxy) is 1. The quantitative estimate of drug-likeness (QED) is 0.592. The Morgan fingerprint density at radius 1 is 1.08 bits per heavy atom. The number of fused-ring (bicyclic) bond motifs is 3. The lowest BCUT2D eigenvalue weighted by atomic mass is 9.97. The number of nitrogens with zero attached hydrogens (tertiary/aromatic N) is 5. The molecule has 36 heavy (non-hydrogen) atoms. The van der Waals surface area contributed by atoms with Crippen molar-refractivity contribution in [2.24, 2.45) is 11.0 Å². The van der Waals surface area contributed by atoms with Crippen LogP contribution in [-0.4, -0.2) is 58.2 Å². The van der Waals surface area contributed by atoms with Crippen molar-refractivity contribution in [3.63, 3.8) is 0 Å². The van der Waals surface area contributed by atoms with Crippen molar-refractivity contribution in [1.29, 1.82) is 0 Å². The van der Waals surface area contributed by atoms with Crippen LogP contribution in [0.15, 0.2) is 45.9 Å². The van der Waals surface area contributed by atoms with E-state index in [0.29, 0.717) is 27.7 Å². The third-order valence-corrected chi connectivity index (χ3v) is 7.12. The summed E-state index contributed by atoms with van der Waals surface area (Å²) >= 11 is 0. The lowest BCUT2D eigenvalue weighted by molar-refractivity contribution is 0.0654. The highest BCUT2D eigenvalue weighted by Gasteiger charge is 2.38. The normalized spacial score (nSPS) is 19.8. The van der Waals surface area contributed by atoms with Crippen LogP contribution in [0.1, 0.15) is 45.8 Å². The van der Waals surface area contributed by atoms with E-state index >= 15 is 0 Å². The molecule has 6 rings (SSSR count). The molecule has 2 aromatic rings. The largest absolute Gasteiger partial charge is 0.496 e. The third kappa shape index (κ3) is 3.34. The van der Waals surface area contributed by atoms with Gasteiger partial charge in [-0.1, -0.05) is 24.3 Å². The van der Waals surface area contributed by atoms with Gasteiger partial charge in [0.15, 0.2) is 0 Å². The lowest BCUT2D eigenvalue weighted by Gasteiger charge is -2.23. The average molecular weight is 484 g/mol. The van der Waals surface area contributed by atoms with Crippen molar-refractivity contribution < 1.29 is 14.3 Å². The predicted molar refractivity (Wildman–Crippen MR) is 135 cm³/mol. The summed E-state index contributed by atoms with van der Waals surface area (Å²) in [5.41, 5.74) is 2.22. The first-order valence-electron chi connectivity index (χ1n) is 12.0. The summed E-state index contributed by atoms with van der Waals surface area (Å²) in [4.78, 5) is 45.9. The van der Waals surface area contributed by atoms with Crippen LogP contribution in [0, 0.1) is 5.92 Å². The van der Waals surface area contributed by atoms with Gasteiger partial charge in [0.1, 0.15) is 11.6 Å². The number of hydrogen-bond acceptors (Lipinski definition) is 7. The molecule has 0 fully saturated rings. The van der Waals surface area contributed by atoms with E-state index in [0.717, 1.165) is 30.7 Å². The van der Waals surface area contributed by atoms with Crippen molar-refractivity contribution in [2.75, 3.05) is 20.7 Å². The summed E-state index contributed by atoms with van der Waals surface area (Å²) in [6.07, 6.45) is 12.4. The van der Waals surface area contributed by atoms with Gasteiger partial charge in [0.25, 0.3) is 17.4 Å². The minimum atomic E-state index is -0.397. The van der Waals surface area contributed by atoms with Crippen LogP contribution >= 0.6 is 0 Å². The predicted octanol–water partition coefficient (Wildman–Crippen LogP) is 1.12. The molecule has 0 bridgehead atoms. The van der Waals surface area contributed by atoms with Gasteiger partial charge < -0.3 is 4.74 Å². The standard InChI is InChI=1S/C27H25N5O4/c1-30-21-14-17(11-10-16(21)15-28-30)32-23(29-20-8-4-3-6-18(20)26(32)34)12-13-31-25(33)19-7-5-9-22(36-2)24(19)27(31)35/h5-9,11,14-16H,3-4,10,12-13H2,1-2H3. The van der Waals surface area contributed by atoms with E-state index in [4.69, 9.17) is 9.72 Å². The van der Waals surface area contributed by atoms with Crippen LogP contribution in [0.25, 0.3) is 17.8 Å². The molecule has 0 saturated heterocycles. The molecule has 0 spiro atoms. The number of benzene rings is 1. The average Bonchev–Trinajstić information content (AvgIpc) is 3.39. The zero-order valence-electron chi connectivity index (χ0n) is 20.1. The molecule has 0 radical (unpaired) electrons. The van der Waals surface area contributed by atoms with Crippen molar-refractivity contribution in [2.45, 2.75) is 25.7 Å². The zero-order chi connectivity index (χ0) is 25.0. The molecule has 1 aromatic heterocycles. The Labute approximate surface area is 207 Å². The van der Waals surface area contributed by atoms with E-state index in [1.807, 2.05) is 42.6 Å². The van der Waals surface area contributed by atoms with Crippen molar-refractivity contribution in [3.05, 3.63) is 73.9 Å². The Morgan fingerprint density at radius 2 is 1.92 bits per heavy atom. The fraction of sp³-hybridized carbons (Fsp3) is 0.296. The van der Waals surface area contributed by atoms with Crippen molar-refractivity contribution in [3.8, 4) is 5.75 Å². The molecule has 182 valence electrons. The number of methoxy groups -OCH3 is 1. The number of carbonyl (C=O) groups excluding carboxylic acids is 2. The lowest BCUT2D eigenvalue weighted by Crippen LogP contribution is -2.49. The molecule has 1 atom stereocenters. The Morgan fingerprint density at radius 3 is 2.75 bits per heavy atom.